The van der Waals surface area contributed by atoms with Gasteiger partial charge in [-0.3, -0.25) is 9.59 Å². The maximum atomic E-state index is 12.6. The van der Waals surface area contributed by atoms with E-state index in [4.69, 9.17) is 15.7 Å². The lowest BCUT2D eigenvalue weighted by Crippen LogP contribution is -2.49. The Morgan fingerprint density at radius 3 is 1.91 bits per heavy atom. The SMILES string of the molecule is [B]c1c(O)c(O)c([B])c(/C(O)=c2\[nH]c(=O)/c(=C(\O)c3nc[nH]c3C(C)(C)C)[nH]c2=O)c1O. The van der Waals surface area contributed by atoms with Crippen LogP contribution in [0.2, 0.25) is 0 Å². The van der Waals surface area contributed by atoms with Crippen LogP contribution in [-0.2, 0) is 5.41 Å². The normalized spacial score (nSPS) is 13.7. The molecule has 1 aromatic carbocycles. The van der Waals surface area contributed by atoms with Crippen LogP contribution in [0.1, 0.15) is 37.7 Å². The summed E-state index contributed by atoms with van der Waals surface area (Å²) >= 11 is 0. The molecule has 13 heteroatoms. The minimum absolute atomic E-state index is 0.0396. The van der Waals surface area contributed by atoms with Crippen molar-refractivity contribution in [3.63, 3.8) is 0 Å². The summed E-state index contributed by atoms with van der Waals surface area (Å²) in [6, 6.07) is 0. The zero-order valence-electron chi connectivity index (χ0n) is 17.2. The fourth-order valence-corrected chi connectivity index (χ4v) is 3.08. The van der Waals surface area contributed by atoms with Gasteiger partial charge in [0.2, 0.25) is 0 Å². The van der Waals surface area contributed by atoms with Crippen LogP contribution in [0.25, 0.3) is 11.5 Å². The second-order valence-electron chi connectivity index (χ2n) is 7.98. The van der Waals surface area contributed by atoms with E-state index in [0.717, 1.165) is 0 Å². The van der Waals surface area contributed by atoms with Gasteiger partial charge < -0.3 is 40.5 Å². The highest BCUT2D eigenvalue weighted by atomic mass is 16.3. The summed E-state index contributed by atoms with van der Waals surface area (Å²) in [7, 11) is 11.1. The summed E-state index contributed by atoms with van der Waals surface area (Å²) in [5, 5.41) is 49.4. The fourth-order valence-electron chi connectivity index (χ4n) is 3.08. The van der Waals surface area contributed by atoms with Gasteiger partial charge in [0.1, 0.15) is 27.1 Å². The number of H-pyrrole nitrogens is 3. The van der Waals surface area contributed by atoms with Gasteiger partial charge in [0, 0.05) is 5.41 Å². The number of hydrogen-bond donors (Lipinski definition) is 8. The van der Waals surface area contributed by atoms with Crippen molar-refractivity contribution in [1.82, 2.24) is 19.9 Å². The highest BCUT2D eigenvalue weighted by Gasteiger charge is 2.24. The molecule has 0 fully saturated rings. The van der Waals surface area contributed by atoms with E-state index in [1.165, 1.54) is 6.33 Å². The second kappa shape index (κ2) is 7.59. The van der Waals surface area contributed by atoms with Crippen molar-refractivity contribution in [3.05, 3.63) is 54.7 Å². The average Bonchev–Trinajstić information content (AvgIpc) is 3.22. The molecule has 0 aliphatic heterocycles. The highest BCUT2D eigenvalue weighted by molar-refractivity contribution is 6.42. The van der Waals surface area contributed by atoms with Gasteiger partial charge in [0.15, 0.2) is 33.7 Å². The van der Waals surface area contributed by atoms with Gasteiger partial charge in [-0.15, -0.1) is 0 Å². The van der Waals surface area contributed by atoms with Crippen molar-refractivity contribution < 1.29 is 25.5 Å². The Kier molecular flexibility index (Phi) is 5.38. The number of aliphatic hydroxyl groups excluding tert-OH is 2. The smallest absolute Gasteiger partial charge is 0.276 e. The maximum Gasteiger partial charge on any atom is 0.276 e. The molecule has 0 spiro atoms. The molecule has 0 aliphatic carbocycles. The molecule has 11 nitrogen and oxygen atoms in total. The monoisotopic (exact) mass is 436 g/mol. The number of rotatable bonds is 2. The third-order valence-electron chi connectivity index (χ3n) is 4.75. The zero-order valence-corrected chi connectivity index (χ0v) is 17.2. The lowest BCUT2D eigenvalue weighted by atomic mass is 9.81. The lowest BCUT2D eigenvalue weighted by molar-refractivity contribution is 0.402. The van der Waals surface area contributed by atoms with Crippen LogP contribution in [0, 0.1) is 0 Å². The summed E-state index contributed by atoms with van der Waals surface area (Å²) in [6.45, 7) is 5.53. The van der Waals surface area contributed by atoms with Gasteiger partial charge in [0.05, 0.1) is 17.6 Å². The van der Waals surface area contributed by atoms with Crippen LogP contribution in [0.15, 0.2) is 15.9 Å². The van der Waals surface area contributed by atoms with Crippen molar-refractivity contribution in [2.45, 2.75) is 26.2 Å². The molecule has 2 heterocycles. The summed E-state index contributed by atoms with van der Waals surface area (Å²) < 4.78 is 0. The Morgan fingerprint density at radius 2 is 1.38 bits per heavy atom. The van der Waals surface area contributed by atoms with E-state index in [2.05, 4.69) is 19.9 Å². The van der Waals surface area contributed by atoms with Crippen LogP contribution in [0.4, 0.5) is 0 Å². The lowest BCUT2D eigenvalue weighted by Gasteiger charge is -2.17. The summed E-state index contributed by atoms with van der Waals surface area (Å²) in [5.41, 5.74) is -4.14. The van der Waals surface area contributed by atoms with Crippen molar-refractivity contribution in [3.8, 4) is 17.2 Å². The van der Waals surface area contributed by atoms with E-state index < -0.39 is 72.5 Å². The molecule has 0 unspecified atom stereocenters. The summed E-state index contributed by atoms with van der Waals surface area (Å²) in [6.07, 6.45) is 1.32. The minimum Gasteiger partial charge on any atom is -0.508 e. The van der Waals surface area contributed by atoms with E-state index in [9.17, 15) is 35.1 Å². The van der Waals surface area contributed by atoms with Crippen molar-refractivity contribution >= 4 is 38.1 Å². The first-order valence-electron chi connectivity index (χ1n) is 9.12. The molecule has 3 aromatic rings. The first-order valence-corrected chi connectivity index (χ1v) is 9.12. The second-order valence-corrected chi connectivity index (χ2v) is 7.98. The molecule has 0 saturated carbocycles. The predicted octanol–water partition coefficient (Wildman–Crippen LogP) is -2.78. The van der Waals surface area contributed by atoms with Gasteiger partial charge in [0.25, 0.3) is 11.1 Å². The molecule has 0 amide bonds. The molecule has 0 atom stereocenters. The van der Waals surface area contributed by atoms with E-state index in [0.29, 0.717) is 5.69 Å². The molecule has 4 radical (unpaired) electrons. The Morgan fingerprint density at radius 1 is 0.875 bits per heavy atom. The maximum absolute atomic E-state index is 12.6. The van der Waals surface area contributed by atoms with E-state index >= 15 is 0 Å². The third-order valence-corrected chi connectivity index (χ3v) is 4.75. The number of nitrogens with zero attached hydrogens (tertiary/aromatic N) is 1. The molecular formula is C19H18B2N4O7. The van der Waals surface area contributed by atoms with E-state index in [1.54, 1.807) is 0 Å². The summed E-state index contributed by atoms with van der Waals surface area (Å²) in [4.78, 5) is 36.3. The van der Waals surface area contributed by atoms with Crippen molar-refractivity contribution in [2.75, 3.05) is 0 Å². The average molecular weight is 436 g/mol. The topological polar surface area (TPSA) is 196 Å². The Bertz CT molecular complexity index is 1450. The van der Waals surface area contributed by atoms with Crippen molar-refractivity contribution in [2.24, 2.45) is 0 Å². The number of phenols is 3. The molecule has 0 saturated heterocycles. The highest BCUT2D eigenvalue weighted by Crippen LogP contribution is 2.29. The van der Waals surface area contributed by atoms with Crippen molar-refractivity contribution in [1.29, 1.82) is 0 Å². The predicted molar refractivity (Wildman–Crippen MR) is 117 cm³/mol. The van der Waals surface area contributed by atoms with Crippen LogP contribution in [-0.4, -0.2) is 61.2 Å². The van der Waals surface area contributed by atoms with Gasteiger partial charge >= 0.3 is 0 Å². The molecule has 3 rings (SSSR count). The first kappa shape index (κ1) is 22.7. The number of imidazole rings is 1. The number of benzene rings is 1. The third kappa shape index (κ3) is 3.51. The van der Waals surface area contributed by atoms with Gasteiger partial charge in [-0.1, -0.05) is 20.8 Å². The van der Waals surface area contributed by atoms with Crippen LogP contribution in [0.3, 0.4) is 0 Å². The molecule has 0 bridgehead atoms. The van der Waals surface area contributed by atoms with Gasteiger partial charge in [-0.05, 0) is 10.9 Å². The van der Waals surface area contributed by atoms with Gasteiger partial charge in [-0.25, -0.2) is 4.98 Å². The molecule has 162 valence electrons. The standard InChI is InChI=1S/C19H18B2N4O7/c1-19(2,3)16-8(22-4-23-16)15(30)10-18(32)24-9(17(31)25-10)12(27)5-6(20)13(28)14(29)7(21)11(5)26/h4,26-30H,1-3H3,(H,22,23)(H,24,32)(H,25,31)/b12-9+,15-10+. The quantitative estimate of drug-likeness (QED) is 0.120. The fraction of sp³-hybridized carbons (Fsp3) is 0.211. The largest absolute Gasteiger partial charge is 0.508 e. The minimum atomic E-state index is -1.08. The summed E-state index contributed by atoms with van der Waals surface area (Å²) in [5.74, 6) is -4.46. The molecule has 0 aliphatic rings. The number of nitrogens with one attached hydrogen (secondary N) is 3. The molecule has 32 heavy (non-hydrogen) atoms. The Balaban J connectivity index is 2.37. The Labute approximate surface area is 182 Å². The Hall–Kier alpha value is -4.02. The van der Waals surface area contributed by atoms with Crippen LogP contribution in [0.5, 0.6) is 17.2 Å². The van der Waals surface area contributed by atoms with Gasteiger partial charge in [-0.2, -0.15) is 0 Å². The molecule has 2 aromatic heterocycles. The number of hydrogen-bond acceptors (Lipinski definition) is 8. The number of aromatic hydroxyl groups is 3. The van der Waals surface area contributed by atoms with Crippen LogP contribution < -0.4 is 32.7 Å². The number of aromatic nitrogens is 4. The molecular weight excluding hydrogens is 418 g/mol. The number of aliphatic hydroxyl groups is 2. The number of phenolic OH excluding ortho intramolecular Hbond substituents is 3. The van der Waals surface area contributed by atoms with Crippen LogP contribution >= 0.6 is 0 Å². The van der Waals surface area contributed by atoms with E-state index in [1.807, 2.05) is 20.8 Å². The number of aromatic amines is 3. The molecule has 8 N–H and O–H groups in total. The zero-order chi connectivity index (χ0) is 24.1. The first-order chi connectivity index (χ1) is 14.8. The van der Waals surface area contributed by atoms with E-state index in [-0.39, 0.29) is 5.69 Å².